The van der Waals surface area contributed by atoms with Gasteiger partial charge in [0, 0.05) is 0 Å². The van der Waals surface area contributed by atoms with Gasteiger partial charge in [-0.05, 0) is 12.1 Å². The zero-order chi connectivity index (χ0) is 8.43. The molecule has 0 spiro atoms. The summed E-state index contributed by atoms with van der Waals surface area (Å²) in [5.74, 6) is -1.11. The van der Waals surface area contributed by atoms with Crippen molar-refractivity contribution in [3.63, 3.8) is 0 Å². The maximum atomic E-state index is 12.7. The summed E-state index contributed by atoms with van der Waals surface area (Å²) < 4.78 is 25.4. The molecule has 0 fully saturated rings. The molecule has 1 aromatic rings. The molecule has 0 heterocycles. The van der Waals surface area contributed by atoms with Crippen LogP contribution in [0.25, 0.3) is 0 Å². The molecule has 3 N–H and O–H groups in total. The van der Waals surface area contributed by atoms with Crippen LogP contribution in [0.5, 0.6) is 0 Å². The van der Waals surface area contributed by atoms with E-state index in [-0.39, 0.29) is 17.1 Å². The van der Waals surface area contributed by atoms with E-state index >= 15 is 0 Å². The lowest BCUT2D eigenvalue weighted by molar-refractivity contribution is -0.386. The number of quaternary nitrogens is 1. The van der Waals surface area contributed by atoms with Gasteiger partial charge < -0.3 is 5.73 Å². The first-order chi connectivity index (χ1) is 5.16. The van der Waals surface area contributed by atoms with Crippen LogP contribution in [0.2, 0.25) is 5.02 Å². The molecule has 0 amide bonds. The highest BCUT2D eigenvalue weighted by Gasteiger charge is 2.10. The van der Waals surface area contributed by atoms with E-state index in [1.165, 1.54) is 0 Å². The van der Waals surface area contributed by atoms with E-state index in [9.17, 15) is 8.78 Å². The molecular formula is C7H7ClF2N+. The summed E-state index contributed by atoms with van der Waals surface area (Å²) in [6.07, 6.45) is 0. The fraction of sp³-hybridized carbons (Fsp3) is 0.143. The normalized spacial score (nSPS) is 10.2. The SMILES string of the molecule is [NH3+]Cc1c(F)ccc(F)c1Cl. The Balaban J connectivity index is 3.29. The third kappa shape index (κ3) is 1.49. The Labute approximate surface area is 67.8 Å². The van der Waals surface area contributed by atoms with Gasteiger partial charge >= 0.3 is 0 Å². The maximum absolute atomic E-state index is 12.7. The van der Waals surface area contributed by atoms with Crippen LogP contribution in [-0.2, 0) is 6.54 Å². The number of hydrogen-bond donors (Lipinski definition) is 1. The molecule has 4 heteroatoms. The van der Waals surface area contributed by atoms with E-state index in [1.54, 1.807) is 0 Å². The van der Waals surface area contributed by atoms with Crippen molar-refractivity contribution in [2.75, 3.05) is 0 Å². The fourth-order valence-electron chi connectivity index (χ4n) is 0.798. The van der Waals surface area contributed by atoms with E-state index in [0.29, 0.717) is 0 Å². The molecular weight excluding hydrogens is 172 g/mol. The second-order valence-corrected chi connectivity index (χ2v) is 2.45. The largest absolute Gasteiger partial charge is 0.354 e. The van der Waals surface area contributed by atoms with Crippen molar-refractivity contribution in [1.82, 2.24) is 0 Å². The minimum absolute atomic E-state index is 0.131. The molecule has 0 radical (unpaired) electrons. The van der Waals surface area contributed by atoms with E-state index in [4.69, 9.17) is 11.6 Å². The van der Waals surface area contributed by atoms with E-state index in [1.807, 2.05) is 0 Å². The van der Waals surface area contributed by atoms with Gasteiger partial charge in [0.25, 0.3) is 0 Å². The number of hydrogen-bond acceptors (Lipinski definition) is 0. The van der Waals surface area contributed by atoms with Gasteiger partial charge in [-0.1, -0.05) is 11.6 Å². The summed E-state index contributed by atoms with van der Waals surface area (Å²) in [5, 5.41) is -0.167. The monoisotopic (exact) mass is 178 g/mol. The summed E-state index contributed by atoms with van der Waals surface area (Å²) in [6.45, 7) is 0.155. The van der Waals surface area contributed by atoms with Crippen molar-refractivity contribution in [1.29, 1.82) is 0 Å². The molecule has 0 aromatic heterocycles. The van der Waals surface area contributed by atoms with Crippen LogP contribution in [0.1, 0.15) is 5.56 Å². The number of benzene rings is 1. The average molecular weight is 179 g/mol. The lowest BCUT2D eigenvalue weighted by Gasteiger charge is -2.00. The summed E-state index contributed by atoms with van der Waals surface area (Å²) in [7, 11) is 0. The standard InChI is InChI=1S/C7H6ClF2N/c8-7-4(3-11)5(9)1-2-6(7)10/h1-2H,3,11H2/p+1. The van der Waals surface area contributed by atoms with E-state index in [2.05, 4.69) is 5.73 Å². The Morgan fingerprint density at radius 1 is 1.27 bits per heavy atom. The molecule has 0 aliphatic carbocycles. The van der Waals surface area contributed by atoms with Crippen LogP contribution < -0.4 is 5.73 Å². The van der Waals surface area contributed by atoms with Crippen LogP contribution in [0.4, 0.5) is 8.78 Å². The third-order valence-corrected chi connectivity index (χ3v) is 1.80. The van der Waals surface area contributed by atoms with Gasteiger partial charge in [-0.3, -0.25) is 0 Å². The van der Waals surface area contributed by atoms with Gasteiger partial charge in [0.2, 0.25) is 0 Å². The third-order valence-electron chi connectivity index (χ3n) is 1.39. The van der Waals surface area contributed by atoms with Crippen molar-refractivity contribution in [3.05, 3.63) is 34.4 Å². The maximum Gasteiger partial charge on any atom is 0.142 e. The van der Waals surface area contributed by atoms with Crippen molar-refractivity contribution in [2.45, 2.75) is 6.54 Å². The molecule has 1 aromatic carbocycles. The van der Waals surface area contributed by atoms with E-state index in [0.717, 1.165) is 12.1 Å². The highest BCUT2D eigenvalue weighted by molar-refractivity contribution is 6.31. The van der Waals surface area contributed by atoms with Crippen molar-refractivity contribution >= 4 is 11.6 Å². The zero-order valence-corrected chi connectivity index (χ0v) is 6.46. The lowest BCUT2D eigenvalue weighted by atomic mass is 10.2. The Bertz CT molecular complexity index is 275. The average Bonchev–Trinajstić information content (AvgIpc) is 1.99. The molecule has 1 rings (SSSR count). The predicted molar refractivity (Wildman–Crippen MR) is 38.0 cm³/mol. The Kier molecular flexibility index (Phi) is 2.42. The summed E-state index contributed by atoms with van der Waals surface area (Å²) in [6, 6.07) is 2.04. The van der Waals surface area contributed by atoms with Gasteiger partial charge in [-0.15, -0.1) is 0 Å². The number of rotatable bonds is 1. The highest BCUT2D eigenvalue weighted by Crippen LogP contribution is 2.21. The molecule has 1 nitrogen and oxygen atoms in total. The molecule has 60 valence electrons. The quantitative estimate of drug-likeness (QED) is 0.629. The van der Waals surface area contributed by atoms with Crippen molar-refractivity contribution < 1.29 is 14.5 Å². The first kappa shape index (κ1) is 8.43. The van der Waals surface area contributed by atoms with E-state index < -0.39 is 11.6 Å². The van der Waals surface area contributed by atoms with Crippen LogP contribution in [0, 0.1) is 11.6 Å². The molecule has 0 aliphatic heterocycles. The summed E-state index contributed by atoms with van der Waals surface area (Å²) >= 11 is 5.44. The van der Waals surface area contributed by atoms with Crippen molar-refractivity contribution in [2.24, 2.45) is 0 Å². The molecule has 0 bridgehead atoms. The fourth-order valence-corrected chi connectivity index (χ4v) is 1.05. The molecule has 0 aliphatic rings. The first-order valence-corrected chi connectivity index (χ1v) is 3.46. The second-order valence-electron chi connectivity index (χ2n) is 2.07. The van der Waals surface area contributed by atoms with Gasteiger partial charge in [0.05, 0.1) is 10.6 Å². The molecule has 0 saturated heterocycles. The summed E-state index contributed by atoms with van der Waals surface area (Å²) in [4.78, 5) is 0. The highest BCUT2D eigenvalue weighted by atomic mass is 35.5. The Morgan fingerprint density at radius 2 is 1.82 bits per heavy atom. The lowest BCUT2D eigenvalue weighted by Crippen LogP contribution is -2.48. The molecule has 0 saturated carbocycles. The minimum atomic E-state index is -0.605. The zero-order valence-electron chi connectivity index (χ0n) is 5.70. The van der Waals surface area contributed by atoms with Crippen LogP contribution >= 0.6 is 11.6 Å². The Hall–Kier alpha value is -0.670. The predicted octanol–water partition coefficient (Wildman–Crippen LogP) is 1.36. The second kappa shape index (κ2) is 3.15. The minimum Gasteiger partial charge on any atom is -0.354 e. The molecule has 0 unspecified atom stereocenters. The smallest absolute Gasteiger partial charge is 0.142 e. The van der Waals surface area contributed by atoms with Crippen LogP contribution in [-0.4, -0.2) is 0 Å². The van der Waals surface area contributed by atoms with Crippen LogP contribution in [0.15, 0.2) is 12.1 Å². The van der Waals surface area contributed by atoms with Gasteiger partial charge in [0.1, 0.15) is 18.2 Å². The number of halogens is 3. The Morgan fingerprint density at radius 3 is 2.27 bits per heavy atom. The topological polar surface area (TPSA) is 27.6 Å². The van der Waals surface area contributed by atoms with Gasteiger partial charge in [-0.2, -0.15) is 0 Å². The summed E-state index contributed by atoms with van der Waals surface area (Å²) in [5.41, 5.74) is 3.56. The van der Waals surface area contributed by atoms with Gasteiger partial charge in [0.15, 0.2) is 0 Å². The van der Waals surface area contributed by atoms with Crippen LogP contribution in [0.3, 0.4) is 0 Å². The van der Waals surface area contributed by atoms with Gasteiger partial charge in [-0.25, -0.2) is 8.78 Å². The van der Waals surface area contributed by atoms with Crippen molar-refractivity contribution in [3.8, 4) is 0 Å². The first-order valence-electron chi connectivity index (χ1n) is 3.08. The molecule has 0 atom stereocenters. The molecule has 11 heavy (non-hydrogen) atoms.